The van der Waals surface area contributed by atoms with Crippen molar-refractivity contribution in [1.82, 2.24) is 19.4 Å². The van der Waals surface area contributed by atoms with Crippen LogP contribution in [0.15, 0.2) is 58.1 Å². The molecule has 0 saturated heterocycles. The van der Waals surface area contributed by atoms with Gasteiger partial charge in [-0.25, -0.2) is 0 Å². The fourth-order valence-corrected chi connectivity index (χ4v) is 5.29. The smallest absolute Gasteiger partial charge is 0.259 e. The van der Waals surface area contributed by atoms with E-state index in [0.717, 1.165) is 16.5 Å². The average Bonchev–Trinajstić information content (AvgIpc) is 3.50. The number of aromatic amines is 1. The Hall–Kier alpha value is -3.85. The van der Waals surface area contributed by atoms with Crippen molar-refractivity contribution in [2.75, 3.05) is 27.2 Å². The van der Waals surface area contributed by atoms with Gasteiger partial charge >= 0.3 is 0 Å². The normalized spacial score (nSPS) is 13.4. The van der Waals surface area contributed by atoms with Gasteiger partial charge in [-0.05, 0) is 46.0 Å². The summed E-state index contributed by atoms with van der Waals surface area (Å²) in [5.41, 5.74) is 3.27. The van der Waals surface area contributed by atoms with Crippen molar-refractivity contribution >= 4 is 34.1 Å². The van der Waals surface area contributed by atoms with Gasteiger partial charge in [-0.2, -0.15) is 11.3 Å². The van der Waals surface area contributed by atoms with Gasteiger partial charge in [-0.1, -0.05) is 6.07 Å². The maximum atomic E-state index is 13.5. The third kappa shape index (κ3) is 4.35. The number of amides is 2. The molecule has 180 valence electrons. The number of carbonyl (C=O) groups excluding carboxylic acids is 2. The van der Waals surface area contributed by atoms with Gasteiger partial charge in [0.1, 0.15) is 11.3 Å². The Morgan fingerprint density at radius 1 is 1.14 bits per heavy atom. The number of hydrogen-bond acceptors (Lipinski definition) is 5. The van der Waals surface area contributed by atoms with Crippen molar-refractivity contribution in [3.63, 3.8) is 0 Å². The molecule has 4 heterocycles. The van der Waals surface area contributed by atoms with Crippen LogP contribution in [0.2, 0.25) is 0 Å². The van der Waals surface area contributed by atoms with Gasteiger partial charge < -0.3 is 24.1 Å². The Labute approximate surface area is 206 Å². The number of nitrogens with zero attached hydrogens (tertiary/aromatic N) is 3. The number of thiophene rings is 1. The third-order valence-electron chi connectivity index (χ3n) is 6.46. The monoisotopic (exact) mass is 490 g/mol. The summed E-state index contributed by atoms with van der Waals surface area (Å²) >= 11 is 1.58. The second-order valence-corrected chi connectivity index (χ2v) is 9.42. The molecule has 0 radical (unpaired) electrons. The lowest BCUT2D eigenvalue weighted by Gasteiger charge is -2.22. The van der Waals surface area contributed by atoms with Crippen LogP contribution in [0, 0.1) is 0 Å². The molecular formula is C26H26N4O4S. The number of benzene rings is 1. The second-order valence-electron chi connectivity index (χ2n) is 8.64. The highest BCUT2D eigenvalue weighted by Crippen LogP contribution is 2.26. The first kappa shape index (κ1) is 22.9. The summed E-state index contributed by atoms with van der Waals surface area (Å²) in [6, 6.07) is 10.9. The van der Waals surface area contributed by atoms with Crippen LogP contribution in [-0.2, 0) is 19.5 Å². The molecule has 3 aromatic heterocycles. The van der Waals surface area contributed by atoms with Crippen LogP contribution in [0.1, 0.15) is 32.0 Å². The highest BCUT2D eigenvalue weighted by atomic mass is 32.1. The van der Waals surface area contributed by atoms with E-state index >= 15 is 0 Å². The Balaban J connectivity index is 1.44. The number of rotatable bonds is 5. The predicted octanol–water partition coefficient (Wildman–Crippen LogP) is 3.37. The summed E-state index contributed by atoms with van der Waals surface area (Å²) in [4.78, 5) is 46.3. The van der Waals surface area contributed by atoms with Crippen LogP contribution in [0.25, 0.3) is 10.9 Å². The minimum absolute atomic E-state index is 0.100. The lowest BCUT2D eigenvalue weighted by molar-refractivity contribution is 0.0758. The number of H-pyrrole nitrogens is 1. The molecule has 0 unspecified atom stereocenters. The molecule has 35 heavy (non-hydrogen) atoms. The lowest BCUT2D eigenvalue weighted by Crippen LogP contribution is -2.34. The summed E-state index contributed by atoms with van der Waals surface area (Å²) in [6.07, 6.45) is 2.21. The second kappa shape index (κ2) is 9.42. The largest absolute Gasteiger partial charge is 0.496 e. The highest BCUT2D eigenvalue weighted by Gasteiger charge is 2.28. The molecule has 0 spiro atoms. The lowest BCUT2D eigenvalue weighted by atomic mass is 10.1. The molecule has 4 aromatic rings. The van der Waals surface area contributed by atoms with Crippen molar-refractivity contribution in [2.45, 2.75) is 19.5 Å². The first-order valence-corrected chi connectivity index (χ1v) is 12.3. The molecule has 1 aliphatic rings. The number of carbonyl (C=O) groups is 2. The van der Waals surface area contributed by atoms with Gasteiger partial charge in [0.15, 0.2) is 0 Å². The van der Waals surface area contributed by atoms with Crippen molar-refractivity contribution in [3.05, 3.63) is 86.1 Å². The Bertz CT molecular complexity index is 1450. The molecule has 0 bridgehead atoms. The molecule has 0 aliphatic carbocycles. The van der Waals surface area contributed by atoms with Crippen molar-refractivity contribution in [3.8, 4) is 5.75 Å². The fraction of sp³-hybridized carbons (Fsp3) is 0.269. The van der Waals surface area contributed by atoms with E-state index in [1.165, 1.54) is 13.2 Å². The van der Waals surface area contributed by atoms with Crippen LogP contribution in [0.5, 0.6) is 5.75 Å². The zero-order valence-electron chi connectivity index (χ0n) is 19.6. The summed E-state index contributed by atoms with van der Waals surface area (Å²) in [5.74, 6) is -0.0501. The van der Waals surface area contributed by atoms with Crippen molar-refractivity contribution in [1.29, 1.82) is 0 Å². The summed E-state index contributed by atoms with van der Waals surface area (Å²) in [7, 11) is 3.20. The Morgan fingerprint density at radius 2 is 2.00 bits per heavy atom. The van der Waals surface area contributed by atoms with E-state index in [4.69, 9.17) is 4.74 Å². The number of hydrogen-bond donors (Lipinski definition) is 1. The summed E-state index contributed by atoms with van der Waals surface area (Å²) < 4.78 is 7.08. The number of nitrogens with one attached hydrogen (secondary N) is 1. The van der Waals surface area contributed by atoms with E-state index < -0.39 is 0 Å². The van der Waals surface area contributed by atoms with Crippen LogP contribution in [-0.4, -0.2) is 58.4 Å². The standard InChI is InChI=1S/C26H26N4O4S/c1-28(15-17-7-12-35-16-17)26(33)24-21-6-9-29(10-11-30(21)23(31)14-22(24)34-2)25(32)19-4-3-18-5-8-27-20(18)13-19/h3-5,7-8,12-14,16,27H,6,9-11,15H2,1-2H3. The number of methoxy groups -OCH3 is 1. The van der Waals surface area contributed by atoms with Gasteiger partial charge in [0, 0.05) is 68.7 Å². The molecule has 0 atom stereocenters. The fourth-order valence-electron chi connectivity index (χ4n) is 4.63. The van der Waals surface area contributed by atoms with Gasteiger partial charge in [-0.15, -0.1) is 0 Å². The quantitative estimate of drug-likeness (QED) is 0.465. The predicted molar refractivity (Wildman–Crippen MR) is 135 cm³/mol. The van der Waals surface area contributed by atoms with Crippen LogP contribution in [0.4, 0.5) is 0 Å². The third-order valence-corrected chi connectivity index (χ3v) is 7.20. The minimum atomic E-state index is -0.240. The molecule has 8 nitrogen and oxygen atoms in total. The van der Waals surface area contributed by atoms with E-state index in [1.807, 2.05) is 47.3 Å². The van der Waals surface area contributed by atoms with Gasteiger partial charge in [0.05, 0.1) is 7.11 Å². The topological polar surface area (TPSA) is 87.6 Å². The van der Waals surface area contributed by atoms with Crippen LogP contribution >= 0.6 is 11.3 Å². The van der Waals surface area contributed by atoms with E-state index in [0.29, 0.717) is 49.4 Å². The summed E-state index contributed by atoms with van der Waals surface area (Å²) in [6.45, 7) is 1.53. The number of ether oxygens (including phenoxy) is 1. The van der Waals surface area contributed by atoms with E-state index in [2.05, 4.69) is 4.98 Å². The maximum absolute atomic E-state index is 13.5. The van der Waals surface area contributed by atoms with Crippen LogP contribution in [0.3, 0.4) is 0 Å². The van der Waals surface area contributed by atoms with E-state index in [1.54, 1.807) is 32.8 Å². The molecular weight excluding hydrogens is 464 g/mol. The van der Waals surface area contributed by atoms with Crippen molar-refractivity contribution in [2.24, 2.45) is 0 Å². The first-order valence-electron chi connectivity index (χ1n) is 11.4. The maximum Gasteiger partial charge on any atom is 0.259 e. The van der Waals surface area contributed by atoms with Gasteiger partial charge in [-0.3, -0.25) is 14.4 Å². The molecule has 1 aliphatic heterocycles. The molecule has 2 amide bonds. The average molecular weight is 491 g/mol. The number of pyridine rings is 1. The van der Waals surface area contributed by atoms with Crippen LogP contribution < -0.4 is 10.3 Å². The van der Waals surface area contributed by atoms with Crippen molar-refractivity contribution < 1.29 is 14.3 Å². The summed E-state index contributed by atoms with van der Waals surface area (Å²) in [5, 5.41) is 5.02. The molecule has 5 rings (SSSR count). The Kier molecular flexibility index (Phi) is 6.17. The van der Waals surface area contributed by atoms with E-state index in [9.17, 15) is 14.4 Å². The zero-order chi connectivity index (χ0) is 24.5. The van der Waals surface area contributed by atoms with E-state index in [-0.39, 0.29) is 23.1 Å². The molecule has 1 N–H and O–H groups in total. The number of aromatic nitrogens is 2. The highest BCUT2D eigenvalue weighted by molar-refractivity contribution is 7.07. The Morgan fingerprint density at radius 3 is 2.77 bits per heavy atom. The molecule has 1 aromatic carbocycles. The first-order chi connectivity index (χ1) is 17.0. The molecule has 0 fully saturated rings. The SMILES string of the molecule is COc1cc(=O)n2c(c1C(=O)N(C)Cc1ccsc1)CCN(C(=O)c1ccc3cc[nH]c3c1)CC2. The van der Waals surface area contributed by atoms with Gasteiger partial charge in [0.2, 0.25) is 0 Å². The van der Waals surface area contributed by atoms with Gasteiger partial charge in [0.25, 0.3) is 17.4 Å². The molecule has 0 saturated carbocycles. The number of fused-ring (bicyclic) bond motifs is 2. The minimum Gasteiger partial charge on any atom is -0.496 e. The molecule has 9 heteroatoms. The zero-order valence-corrected chi connectivity index (χ0v) is 20.4.